The number of aryl methyl sites for hydroxylation is 1. The van der Waals surface area contributed by atoms with E-state index in [2.05, 4.69) is 52.0 Å². The molecule has 0 aliphatic rings. The normalized spacial score (nSPS) is 11.7. The minimum atomic E-state index is 0.464. The molecule has 0 atom stereocenters. The van der Waals surface area contributed by atoms with Crippen LogP contribution in [0.2, 0.25) is 0 Å². The summed E-state index contributed by atoms with van der Waals surface area (Å²) in [4.78, 5) is 8.89. The fourth-order valence-electron chi connectivity index (χ4n) is 2.29. The maximum Gasteiger partial charge on any atom is 0.191 e. The van der Waals surface area contributed by atoms with E-state index in [0.717, 1.165) is 28.0 Å². The van der Waals surface area contributed by atoms with Gasteiger partial charge in [-0.2, -0.15) is 0 Å². The summed E-state index contributed by atoms with van der Waals surface area (Å²) in [6, 6.07) is 6.17. The van der Waals surface area contributed by atoms with Crippen LogP contribution < -0.4 is 15.4 Å². The number of nitrogens with one attached hydrogen (secondary N) is 2. The molecule has 130 valence electrons. The Hall–Kier alpha value is -2.08. The van der Waals surface area contributed by atoms with Gasteiger partial charge in [0.15, 0.2) is 5.96 Å². The van der Waals surface area contributed by atoms with E-state index in [9.17, 15) is 0 Å². The van der Waals surface area contributed by atoms with Crippen LogP contribution in [-0.4, -0.2) is 25.1 Å². The average Bonchev–Trinajstić information content (AvgIpc) is 3.04. The number of ether oxygens (including phenoxy) is 1. The maximum absolute atomic E-state index is 5.29. The molecular weight excluding hydrogens is 320 g/mol. The standard InChI is InChI=1S/C18H26N4OS/c1-12(2)15-11-24-17(22-15)10-21-18(19-4)20-9-14-6-7-16(23-5)13(3)8-14/h6-8,11-12H,9-10H2,1-5H3,(H2,19,20,21). The highest BCUT2D eigenvalue weighted by Crippen LogP contribution is 2.18. The molecule has 0 fully saturated rings. The van der Waals surface area contributed by atoms with E-state index in [-0.39, 0.29) is 0 Å². The minimum Gasteiger partial charge on any atom is -0.496 e. The van der Waals surface area contributed by atoms with Crippen molar-refractivity contribution >= 4 is 17.3 Å². The summed E-state index contributed by atoms with van der Waals surface area (Å²) < 4.78 is 5.29. The van der Waals surface area contributed by atoms with Gasteiger partial charge in [-0.1, -0.05) is 26.0 Å². The monoisotopic (exact) mass is 346 g/mol. The Bertz CT molecular complexity index is 694. The molecule has 24 heavy (non-hydrogen) atoms. The predicted octanol–water partition coefficient (Wildman–Crippen LogP) is 3.45. The number of hydrogen-bond acceptors (Lipinski definition) is 4. The zero-order valence-corrected chi connectivity index (χ0v) is 15.8. The molecule has 6 heteroatoms. The molecule has 0 saturated heterocycles. The third-order valence-corrected chi connectivity index (χ3v) is 4.58. The Morgan fingerprint density at radius 1 is 1.29 bits per heavy atom. The maximum atomic E-state index is 5.29. The Kier molecular flexibility index (Phi) is 6.61. The Morgan fingerprint density at radius 2 is 2.04 bits per heavy atom. The van der Waals surface area contributed by atoms with Gasteiger partial charge in [-0.05, 0) is 30.0 Å². The molecule has 0 unspecified atom stereocenters. The number of guanidine groups is 1. The highest BCUT2D eigenvalue weighted by atomic mass is 32.1. The number of methoxy groups -OCH3 is 1. The van der Waals surface area contributed by atoms with Crippen LogP contribution in [0.5, 0.6) is 5.75 Å². The predicted molar refractivity (Wildman–Crippen MR) is 101 cm³/mol. The summed E-state index contributed by atoms with van der Waals surface area (Å²) in [5.74, 6) is 2.14. The molecule has 5 nitrogen and oxygen atoms in total. The number of aromatic nitrogens is 1. The number of aliphatic imine (C=N–C) groups is 1. The average molecular weight is 347 g/mol. The van der Waals surface area contributed by atoms with Gasteiger partial charge in [0.05, 0.1) is 19.3 Å². The number of thiazole rings is 1. The molecule has 1 aromatic heterocycles. The number of rotatable bonds is 6. The second kappa shape index (κ2) is 8.68. The first-order valence-corrected chi connectivity index (χ1v) is 8.93. The first-order chi connectivity index (χ1) is 11.5. The van der Waals surface area contributed by atoms with Gasteiger partial charge in [-0.25, -0.2) is 4.98 Å². The van der Waals surface area contributed by atoms with Gasteiger partial charge < -0.3 is 15.4 Å². The van der Waals surface area contributed by atoms with Crippen LogP contribution in [0.3, 0.4) is 0 Å². The molecular formula is C18H26N4OS. The quantitative estimate of drug-likeness (QED) is 0.621. The Balaban J connectivity index is 1.87. The van der Waals surface area contributed by atoms with E-state index in [0.29, 0.717) is 19.0 Å². The number of benzene rings is 1. The summed E-state index contributed by atoms with van der Waals surface area (Å²) >= 11 is 1.68. The summed E-state index contributed by atoms with van der Waals surface area (Å²) in [6.45, 7) is 7.75. The van der Waals surface area contributed by atoms with E-state index >= 15 is 0 Å². The van der Waals surface area contributed by atoms with E-state index in [1.165, 1.54) is 5.56 Å². The number of hydrogen-bond donors (Lipinski definition) is 2. The van der Waals surface area contributed by atoms with Crippen LogP contribution >= 0.6 is 11.3 Å². The summed E-state index contributed by atoms with van der Waals surface area (Å²) in [6.07, 6.45) is 0. The Morgan fingerprint density at radius 3 is 2.62 bits per heavy atom. The summed E-state index contributed by atoms with van der Waals surface area (Å²) in [7, 11) is 3.46. The molecule has 0 spiro atoms. The van der Waals surface area contributed by atoms with Crippen molar-refractivity contribution < 1.29 is 4.74 Å². The van der Waals surface area contributed by atoms with E-state index in [4.69, 9.17) is 4.74 Å². The molecule has 0 bridgehead atoms. The molecule has 1 aromatic carbocycles. The molecule has 2 aromatic rings. The SMILES string of the molecule is CN=C(NCc1ccc(OC)c(C)c1)NCc1nc(C(C)C)cs1. The van der Waals surface area contributed by atoms with Crippen LogP contribution in [0.4, 0.5) is 0 Å². The lowest BCUT2D eigenvalue weighted by Gasteiger charge is -2.12. The lowest BCUT2D eigenvalue weighted by Crippen LogP contribution is -2.36. The zero-order valence-electron chi connectivity index (χ0n) is 15.0. The minimum absolute atomic E-state index is 0.464. The fourth-order valence-corrected chi connectivity index (χ4v) is 3.18. The molecule has 2 rings (SSSR count). The van der Waals surface area contributed by atoms with Crippen molar-refractivity contribution in [3.8, 4) is 5.75 Å². The zero-order chi connectivity index (χ0) is 17.5. The van der Waals surface area contributed by atoms with Crippen LogP contribution in [0.15, 0.2) is 28.6 Å². The highest BCUT2D eigenvalue weighted by molar-refractivity contribution is 7.09. The van der Waals surface area contributed by atoms with E-state index < -0.39 is 0 Å². The molecule has 0 saturated carbocycles. The third kappa shape index (κ3) is 4.96. The second-order valence-electron chi connectivity index (χ2n) is 5.90. The van der Waals surface area contributed by atoms with Gasteiger partial charge in [0.1, 0.15) is 10.8 Å². The van der Waals surface area contributed by atoms with Gasteiger partial charge in [-0.15, -0.1) is 11.3 Å². The van der Waals surface area contributed by atoms with Gasteiger partial charge >= 0.3 is 0 Å². The summed E-state index contributed by atoms with van der Waals surface area (Å²) in [5.41, 5.74) is 3.46. The summed E-state index contributed by atoms with van der Waals surface area (Å²) in [5, 5.41) is 9.83. The van der Waals surface area contributed by atoms with Crippen molar-refractivity contribution in [3.63, 3.8) is 0 Å². The molecule has 0 aliphatic heterocycles. The van der Waals surface area contributed by atoms with Gasteiger partial charge in [0.25, 0.3) is 0 Å². The molecule has 1 heterocycles. The van der Waals surface area contributed by atoms with E-state index in [1.54, 1.807) is 25.5 Å². The second-order valence-corrected chi connectivity index (χ2v) is 6.85. The van der Waals surface area contributed by atoms with Gasteiger partial charge in [0, 0.05) is 19.0 Å². The van der Waals surface area contributed by atoms with Crippen LogP contribution in [0.1, 0.15) is 41.6 Å². The van der Waals surface area contributed by atoms with Crippen molar-refractivity contribution in [2.24, 2.45) is 4.99 Å². The van der Waals surface area contributed by atoms with Crippen LogP contribution in [-0.2, 0) is 13.1 Å². The van der Waals surface area contributed by atoms with Crippen molar-refractivity contribution in [2.45, 2.75) is 39.8 Å². The van der Waals surface area contributed by atoms with Crippen molar-refractivity contribution in [2.75, 3.05) is 14.2 Å². The van der Waals surface area contributed by atoms with Crippen molar-refractivity contribution in [1.82, 2.24) is 15.6 Å². The smallest absolute Gasteiger partial charge is 0.191 e. The topological polar surface area (TPSA) is 58.5 Å². The lowest BCUT2D eigenvalue weighted by atomic mass is 10.1. The largest absolute Gasteiger partial charge is 0.496 e. The van der Waals surface area contributed by atoms with Crippen LogP contribution in [0, 0.1) is 6.92 Å². The lowest BCUT2D eigenvalue weighted by molar-refractivity contribution is 0.411. The van der Waals surface area contributed by atoms with Gasteiger partial charge in [0.2, 0.25) is 0 Å². The van der Waals surface area contributed by atoms with Gasteiger partial charge in [-0.3, -0.25) is 4.99 Å². The number of nitrogens with zero attached hydrogens (tertiary/aromatic N) is 2. The first-order valence-electron chi connectivity index (χ1n) is 8.05. The van der Waals surface area contributed by atoms with Crippen molar-refractivity contribution in [3.05, 3.63) is 45.4 Å². The molecule has 0 radical (unpaired) electrons. The molecule has 0 amide bonds. The molecule has 0 aliphatic carbocycles. The molecule has 2 N–H and O–H groups in total. The third-order valence-electron chi connectivity index (χ3n) is 3.71. The fraction of sp³-hybridized carbons (Fsp3) is 0.444. The van der Waals surface area contributed by atoms with Crippen LogP contribution in [0.25, 0.3) is 0 Å². The Labute approximate surface area is 148 Å². The van der Waals surface area contributed by atoms with Crippen molar-refractivity contribution in [1.29, 1.82) is 0 Å². The first kappa shape index (κ1) is 18.3. The van der Waals surface area contributed by atoms with E-state index in [1.807, 2.05) is 13.0 Å². The highest BCUT2D eigenvalue weighted by Gasteiger charge is 2.07.